The van der Waals surface area contributed by atoms with Crippen LogP contribution in [0.5, 0.6) is 0 Å². The van der Waals surface area contributed by atoms with Gasteiger partial charge in [0, 0.05) is 24.2 Å². The fourth-order valence-corrected chi connectivity index (χ4v) is 3.41. The van der Waals surface area contributed by atoms with Gasteiger partial charge in [0.15, 0.2) is 0 Å². The van der Waals surface area contributed by atoms with E-state index in [4.69, 9.17) is 4.74 Å². The molecule has 0 bridgehead atoms. The van der Waals surface area contributed by atoms with E-state index in [9.17, 15) is 4.79 Å². The van der Waals surface area contributed by atoms with E-state index >= 15 is 0 Å². The Morgan fingerprint density at radius 3 is 2.88 bits per heavy atom. The number of rotatable bonds is 4. The summed E-state index contributed by atoms with van der Waals surface area (Å²) in [6, 6.07) is 11.7. The zero-order valence-corrected chi connectivity index (χ0v) is 14.1. The topological polar surface area (TPSA) is 72.8 Å². The van der Waals surface area contributed by atoms with Gasteiger partial charge in [-0.3, -0.25) is 4.79 Å². The van der Waals surface area contributed by atoms with E-state index in [1.54, 1.807) is 13.0 Å². The SMILES string of the molecule is Cc1nc(Cn2cnc(-c3ccccc3)c2C2CCOC2)cc(=O)[nH]1. The van der Waals surface area contributed by atoms with Gasteiger partial charge in [-0.1, -0.05) is 30.3 Å². The molecule has 0 amide bonds. The average Bonchev–Trinajstić information content (AvgIpc) is 3.24. The lowest BCUT2D eigenvalue weighted by molar-refractivity contribution is 0.193. The Labute approximate surface area is 145 Å². The molecule has 0 spiro atoms. The largest absolute Gasteiger partial charge is 0.381 e. The van der Waals surface area contributed by atoms with Crippen molar-refractivity contribution in [3.63, 3.8) is 0 Å². The van der Waals surface area contributed by atoms with E-state index in [0.29, 0.717) is 24.9 Å². The summed E-state index contributed by atoms with van der Waals surface area (Å²) < 4.78 is 7.70. The molecule has 6 nitrogen and oxygen atoms in total. The van der Waals surface area contributed by atoms with Crippen molar-refractivity contribution in [2.24, 2.45) is 0 Å². The number of imidazole rings is 1. The van der Waals surface area contributed by atoms with Crippen LogP contribution in [0.4, 0.5) is 0 Å². The normalized spacial score (nSPS) is 17.1. The predicted octanol–water partition coefficient (Wildman–Crippen LogP) is 2.49. The van der Waals surface area contributed by atoms with Crippen molar-refractivity contribution >= 4 is 0 Å². The molecule has 25 heavy (non-hydrogen) atoms. The standard InChI is InChI=1S/C19H20N4O2/c1-13-21-16(9-17(24)22-13)10-23-12-20-18(14-5-3-2-4-6-14)19(23)15-7-8-25-11-15/h2-6,9,12,15H,7-8,10-11H2,1H3,(H,21,22,24). The molecule has 0 aliphatic carbocycles. The Bertz CT molecular complexity index is 924. The number of hydrogen-bond donors (Lipinski definition) is 1. The summed E-state index contributed by atoms with van der Waals surface area (Å²) in [6.45, 7) is 3.79. The van der Waals surface area contributed by atoms with Crippen molar-refractivity contribution in [2.75, 3.05) is 13.2 Å². The molecular formula is C19H20N4O2. The highest BCUT2D eigenvalue weighted by Crippen LogP contribution is 2.33. The number of H-pyrrole nitrogens is 1. The minimum Gasteiger partial charge on any atom is -0.381 e. The Kier molecular flexibility index (Phi) is 4.19. The number of hydrogen-bond acceptors (Lipinski definition) is 4. The minimum atomic E-state index is -0.128. The summed E-state index contributed by atoms with van der Waals surface area (Å²) in [5, 5.41) is 0. The van der Waals surface area contributed by atoms with Crippen LogP contribution < -0.4 is 5.56 Å². The average molecular weight is 336 g/mol. The van der Waals surface area contributed by atoms with Gasteiger partial charge in [0.2, 0.25) is 0 Å². The summed E-state index contributed by atoms with van der Waals surface area (Å²) in [5.41, 5.74) is 3.84. The van der Waals surface area contributed by atoms with Crippen LogP contribution in [0.25, 0.3) is 11.3 Å². The molecule has 1 unspecified atom stereocenters. The first kappa shape index (κ1) is 15.8. The molecule has 0 radical (unpaired) electrons. The van der Waals surface area contributed by atoms with Crippen LogP contribution in [0.2, 0.25) is 0 Å². The summed E-state index contributed by atoms with van der Waals surface area (Å²) in [4.78, 5) is 23.5. The van der Waals surface area contributed by atoms with Crippen LogP contribution in [0.1, 0.15) is 29.6 Å². The highest BCUT2D eigenvalue weighted by atomic mass is 16.5. The van der Waals surface area contributed by atoms with Gasteiger partial charge in [-0.15, -0.1) is 0 Å². The second kappa shape index (κ2) is 6.64. The van der Waals surface area contributed by atoms with E-state index in [-0.39, 0.29) is 5.56 Å². The highest BCUT2D eigenvalue weighted by Gasteiger charge is 2.26. The maximum absolute atomic E-state index is 11.7. The van der Waals surface area contributed by atoms with E-state index in [0.717, 1.165) is 35.7 Å². The molecular weight excluding hydrogens is 316 g/mol. The van der Waals surface area contributed by atoms with Crippen molar-refractivity contribution < 1.29 is 4.74 Å². The Hall–Kier alpha value is -2.73. The molecule has 3 aromatic rings. The first-order valence-electron chi connectivity index (χ1n) is 8.46. The molecule has 1 saturated heterocycles. The molecule has 2 aromatic heterocycles. The van der Waals surface area contributed by atoms with Crippen molar-refractivity contribution in [2.45, 2.75) is 25.8 Å². The molecule has 3 heterocycles. The maximum Gasteiger partial charge on any atom is 0.251 e. The van der Waals surface area contributed by atoms with Crippen LogP contribution in [0, 0.1) is 6.92 Å². The van der Waals surface area contributed by atoms with Crippen LogP contribution in [-0.2, 0) is 11.3 Å². The van der Waals surface area contributed by atoms with Crippen molar-refractivity contribution in [3.8, 4) is 11.3 Å². The van der Waals surface area contributed by atoms with Gasteiger partial charge in [-0.2, -0.15) is 0 Å². The molecule has 6 heteroatoms. The summed E-state index contributed by atoms with van der Waals surface area (Å²) in [5.74, 6) is 0.928. The quantitative estimate of drug-likeness (QED) is 0.794. The van der Waals surface area contributed by atoms with Crippen LogP contribution in [0.3, 0.4) is 0 Å². The zero-order valence-electron chi connectivity index (χ0n) is 14.1. The molecule has 1 aromatic carbocycles. The molecule has 0 saturated carbocycles. The lowest BCUT2D eigenvalue weighted by atomic mass is 9.99. The van der Waals surface area contributed by atoms with Crippen molar-refractivity contribution in [3.05, 3.63) is 70.3 Å². The molecule has 1 aliphatic rings. The first-order chi connectivity index (χ1) is 12.2. The third-order valence-electron chi connectivity index (χ3n) is 4.49. The number of nitrogens with one attached hydrogen (secondary N) is 1. The smallest absolute Gasteiger partial charge is 0.251 e. The summed E-state index contributed by atoms with van der Waals surface area (Å²) in [6.07, 6.45) is 2.82. The second-order valence-corrected chi connectivity index (χ2v) is 6.35. The van der Waals surface area contributed by atoms with Gasteiger partial charge in [-0.05, 0) is 13.3 Å². The van der Waals surface area contributed by atoms with Gasteiger partial charge in [0.1, 0.15) is 5.82 Å². The molecule has 128 valence electrons. The fraction of sp³-hybridized carbons (Fsp3) is 0.316. The molecule has 1 atom stereocenters. The molecule has 1 fully saturated rings. The van der Waals surface area contributed by atoms with E-state index in [1.165, 1.54) is 0 Å². The van der Waals surface area contributed by atoms with Gasteiger partial charge in [0.25, 0.3) is 5.56 Å². The third kappa shape index (κ3) is 3.25. The van der Waals surface area contributed by atoms with Crippen molar-refractivity contribution in [1.82, 2.24) is 19.5 Å². The van der Waals surface area contributed by atoms with E-state index in [2.05, 4.69) is 31.7 Å². The van der Waals surface area contributed by atoms with Gasteiger partial charge in [-0.25, -0.2) is 9.97 Å². The maximum atomic E-state index is 11.7. The number of aromatic nitrogens is 4. The van der Waals surface area contributed by atoms with Gasteiger partial charge >= 0.3 is 0 Å². The number of aryl methyl sites for hydroxylation is 1. The Balaban J connectivity index is 1.77. The van der Waals surface area contributed by atoms with Crippen LogP contribution in [0.15, 0.2) is 47.5 Å². The predicted molar refractivity (Wildman–Crippen MR) is 94.5 cm³/mol. The molecule has 4 rings (SSSR count). The fourth-order valence-electron chi connectivity index (χ4n) is 3.41. The van der Waals surface area contributed by atoms with Gasteiger partial charge in [0.05, 0.1) is 36.6 Å². The lowest BCUT2D eigenvalue weighted by Gasteiger charge is -2.15. The highest BCUT2D eigenvalue weighted by molar-refractivity contribution is 5.62. The third-order valence-corrected chi connectivity index (χ3v) is 4.49. The minimum absolute atomic E-state index is 0.128. The first-order valence-corrected chi connectivity index (χ1v) is 8.46. The van der Waals surface area contributed by atoms with Gasteiger partial charge < -0.3 is 14.3 Å². The number of ether oxygens (including phenoxy) is 1. The Morgan fingerprint density at radius 2 is 2.16 bits per heavy atom. The van der Waals surface area contributed by atoms with E-state index < -0.39 is 0 Å². The van der Waals surface area contributed by atoms with Crippen LogP contribution >= 0.6 is 0 Å². The van der Waals surface area contributed by atoms with Crippen molar-refractivity contribution in [1.29, 1.82) is 0 Å². The number of benzene rings is 1. The number of aromatic amines is 1. The second-order valence-electron chi connectivity index (χ2n) is 6.35. The zero-order chi connectivity index (χ0) is 17.2. The Morgan fingerprint density at radius 1 is 1.32 bits per heavy atom. The summed E-state index contributed by atoms with van der Waals surface area (Å²) in [7, 11) is 0. The van der Waals surface area contributed by atoms with Crippen LogP contribution in [-0.4, -0.2) is 32.7 Å². The van der Waals surface area contributed by atoms with E-state index in [1.807, 2.05) is 24.5 Å². The molecule has 1 aliphatic heterocycles. The number of nitrogens with zero attached hydrogens (tertiary/aromatic N) is 3. The monoisotopic (exact) mass is 336 g/mol. The summed E-state index contributed by atoms with van der Waals surface area (Å²) >= 11 is 0. The molecule has 1 N–H and O–H groups in total. The lowest BCUT2D eigenvalue weighted by Crippen LogP contribution is -2.15.